The fraction of sp³-hybridized carbons (Fsp3) is 0.414. The molecule has 0 radical (unpaired) electrons. The first kappa shape index (κ1) is 26.8. The average Bonchev–Trinajstić information content (AvgIpc) is 2.89. The number of aliphatic hydroxyl groups excluding tert-OH is 1. The third kappa shape index (κ3) is 7.61. The summed E-state index contributed by atoms with van der Waals surface area (Å²) >= 11 is 0. The van der Waals surface area contributed by atoms with Gasteiger partial charge in [0.1, 0.15) is 11.5 Å². The standard InChI is InChI=1S/C29H31F3N2O3/c1-36-26-11-12-28-27(18-26)23(13-15-33-28)6-2-5-22-14-17-34(19-24(22)20-35)16-3-4-21-7-9-25(10-8-21)37-29(30,31)32/h7-13,15,18,22,24,35H,2,5-6,14,16-17,19-20H2,1H3. The Morgan fingerprint density at radius 3 is 2.59 bits per heavy atom. The second kappa shape index (κ2) is 12.3. The summed E-state index contributed by atoms with van der Waals surface area (Å²) in [7, 11) is 1.67. The molecule has 1 aliphatic heterocycles. The number of nitrogens with zero attached hydrogens (tertiary/aromatic N) is 2. The van der Waals surface area contributed by atoms with E-state index in [2.05, 4.69) is 32.5 Å². The number of rotatable bonds is 8. The van der Waals surface area contributed by atoms with Crippen molar-refractivity contribution in [2.24, 2.45) is 11.8 Å². The number of ether oxygens (including phenoxy) is 2. The van der Waals surface area contributed by atoms with E-state index in [9.17, 15) is 18.3 Å². The summed E-state index contributed by atoms with van der Waals surface area (Å²) < 4.78 is 46.1. The zero-order valence-corrected chi connectivity index (χ0v) is 20.8. The number of piperidine rings is 1. The van der Waals surface area contributed by atoms with Gasteiger partial charge in [0.2, 0.25) is 0 Å². The molecule has 5 nitrogen and oxygen atoms in total. The first-order valence-corrected chi connectivity index (χ1v) is 12.4. The van der Waals surface area contributed by atoms with Crippen molar-refractivity contribution in [3.05, 3.63) is 65.9 Å². The van der Waals surface area contributed by atoms with Gasteiger partial charge >= 0.3 is 6.36 Å². The number of aliphatic hydroxyl groups is 1. The summed E-state index contributed by atoms with van der Waals surface area (Å²) in [4.78, 5) is 6.69. The van der Waals surface area contributed by atoms with Crippen LogP contribution in [0, 0.1) is 23.7 Å². The highest BCUT2D eigenvalue weighted by molar-refractivity contribution is 5.83. The van der Waals surface area contributed by atoms with Crippen LogP contribution in [0.5, 0.6) is 11.5 Å². The van der Waals surface area contributed by atoms with Crippen LogP contribution in [0.25, 0.3) is 10.9 Å². The molecule has 1 aromatic heterocycles. The fourth-order valence-corrected chi connectivity index (χ4v) is 4.96. The predicted octanol–water partition coefficient (Wildman–Crippen LogP) is 5.45. The molecule has 0 amide bonds. The number of aromatic nitrogens is 1. The van der Waals surface area contributed by atoms with E-state index < -0.39 is 6.36 Å². The number of methoxy groups -OCH3 is 1. The van der Waals surface area contributed by atoms with Crippen molar-refractivity contribution in [2.45, 2.75) is 32.0 Å². The molecular formula is C29H31F3N2O3. The van der Waals surface area contributed by atoms with Crippen LogP contribution in [0.4, 0.5) is 13.2 Å². The summed E-state index contributed by atoms with van der Waals surface area (Å²) in [5.74, 6) is 7.32. The molecule has 0 aliphatic carbocycles. The highest BCUT2D eigenvalue weighted by Gasteiger charge is 2.31. The monoisotopic (exact) mass is 512 g/mol. The van der Waals surface area contributed by atoms with E-state index in [1.54, 1.807) is 7.11 Å². The molecule has 3 aromatic rings. The maximum Gasteiger partial charge on any atom is 0.573 e. The van der Waals surface area contributed by atoms with Crippen LogP contribution < -0.4 is 9.47 Å². The van der Waals surface area contributed by atoms with Crippen LogP contribution in [0.1, 0.15) is 30.4 Å². The number of benzene rings is 2. The molecule has 8 heteroatoms. The van der Waals surface area contributed by atoms with Gasteiger partial charge < -0.3 is 14.6 Å². The van der Waals surface area contributed by atoms with Gasteiger partial charge in [-0.15, -0.1) is 13.2 Å². The minimum absolute atomic E-state index is 0.144. The molecule has 196 valence electrons. The third-order valence-corrected chi connectivity index (χ3v) is 6.89. The van der Waals surface area contributed by atoms with Gasteiger partial charge in [0.25, 0.3) is 0 Å². The van der Waals surface area contributed by atoms with Crippen LogP contribution in [0.15, 0.2) is 54.7 Å². The number of fused-ring (bicyclic) bond motifs is 1. The molecule has 0 spiro atoms. The Morgan fingerprint density at radius 2 is 1.86 bits per heavy atom. The molecule has 1 N–H and O–H groups in total. The summed E-state index contributed by atoms with van der Waals surface area (Å²) in [6, 6.07) is 13.6. The molecule has 1 aliphatic rings. The molecule has 2 heterocycles. The van der Waals surface area contributed by atoms with E-state index in [0.717, 1.165) is 55.4 Å². The molecule has 1 fully saturated rings. The molecule has 37 heavy (non-hydrogen) atoms. The van der Waals surface area contributed by atoms with Gasteiger partial charge in [0.05, 0.1) is 19.2 Å². The molecule has 2 unspecified atom stereocenters. The molecule has 0 bridgehead atoms. The SMILES string of the molecule is COc1ccc2nccc(CCCC3CCN(CC#Cc4ccc(OC(F)(F)F)cc4)CC3CO)c2c1. The van der Waals surface area contributed by atoms with Gasteiger partial charge in [0, 0.05) is 30.3 Å². The Morgan fingerprint density at radius 1 is 1.08 bits per heavy atom. The van der Waals surface area contributed by atoms with Crippen molar-refractivity contribution < 1.29 is 27.8 Å². The lowest BCUT2D eigenvalue weighted by Crippen LogP contribution is -2.42. The van der Waals surface area contributed by atoms with Crippen LogP contribution >= 0.6 is 0 Å². The fourth-order valence-electron chi connectivity index (χ4n) is 4.96. The van der Waals surface area contributed by atoms with Gasteiger partial charge in [-0.1, -0.05) is 11.8 Å². The molecule has 4 rings (SSSR count). The number of pyridine rings is 1. The largest absolute Gasteiger partial charge is 0.573 e. The second-order valence-electron chi connectivity index (χ2n) is 9.35. The normalized spacial score (nSPS) is 18.3. The van der Waals surface area contributed by atoms with E-state index >= 15 is 0 Å². The number of halogens is 3. The minimum Gasteiger partial charge on any atom is -0.497 e. The predicted molar refractivity (Wildman–Crippen MR) is 136 cm³/mol. The zero-order chi connectivity index (χ0) is 26.3. The first-order chi connectivity index (χ1) is 17.8. The molecule has 1 saturated heterocycles. The quantitative estimate of drug-likeness (QED) is 0.407. The van der Waals surface area contributed by atoms with E-state index in [0.29, 0.717) is 18.0 Å². The van der Waals surface area contributed by atoms with Crippen molar-refractivity contribution in [1.29, 1.82) is 0 Å². The van der Waals surface area contributed by atoms with E-state index in [1.165, 1.54) is 29.8 Å². The smallest absolute Gasteiger partial charge is 0.497 e. The number of hydrogen-bond donors (Lipinski definition) is 1. The summed E-state index contributed by atoms with van der Waals surface area (Å²) in [5.41, 5.74) is 2.85. The Balaban J connectivity index is 1.26. The molecule has 2 aromatic carbocycles. The van der Waals surface area contributed by atoms with Crippen molar-refractivity contribution in [3.63, 3.8) is 0 Å². The van der Waals surface area contributed by atoms with Gasteiger partial charge in [0.15, 0.2) is 0 Å². The van der Waals surface area contributed by atoms with Crippen molar-refractivity contribution in [1.82, 2.24) is 9.88 Å². The maximum atomic E-state index is 12.3. The number of aryl methyl sites for hydroxylation is 1. The highest BCUT2D eigenvalue weighted by atomic mass is 19.4. The summed E-state index contributed by atoms with van der Waals surface area (Å²) in [6.07, 6.45) is 1.18. The zero-order valence-electron chi connectivity index (χ0n) is 20.8. The molecular weight excluding hydrogens is 481 g/mol. The Hall–Kier alpha value is -3.28. The van der Waals surface area contributed by atoms with Crippen LogP contribution in [0.2, 0.25) is 0 Å². The third-order valence-electron chi connectivity index (χ3n) is 6.89. The topological polar surface area (TPSA) is 54.8 Å². The van der Waals surface area contributed by atoms with E-state index in [4.69, 9.17) is 4.74 Å². The first-order valence-electron chi connectivity index (χ1n) is 12.4. The Kier molecular flexibility index (Phi) is 8.91. The second-order valence-corrected chi connectivity index (χ2v) is 9.35. The lowest BCUT2D eigenvalue weighted by atomic mass is 9.82. The highest BCUT2D eigenvalue weighted by Crippen LogP contribution is 2.29. The van der Waals surface area contributed by atoms with E-state index in [1.807, 2.05) is 24.4 Å². The van der Waals surface area contributed by atoms with Crippen molar-refractivity contribution in [3.8, 4) is 23.3 Å². The van der Waals surface area contributed by atoms with Gasteiger partial charge in [-0.3, -0.25) is 9.88 Å². The molecule has 2 atom stereocenters. The number of alkyl halides is 3. The lowest BCUT2D eigenvalue weighted by Gasteiger charge is -2.37. The minimum atomic E-state index is -4.70. The molecule has 0 saturated carbocycles. The lowest BCUT2D eigenvalue weighted by molar-refractivity contribution is -0.274. The van der Waals surface area contributed by atoms with Gasteiger partial charge in [-0.05, 0) is 98.2 Å². The van der Waals surface area contributed by atoms with Crippen molar-refractivity contribution >= 4 is 10.9 Å². The number of likely N-dealkylation sites (tertiary alicyclic amines) is 1. The summed E-state index contributed by atoms with van der Waals surface area (Å²) in [5, 5.41) is 11.1. The maximum absolute atomic E-state index is 12.3. The van der Waals surface area contributed by atoms with E-state index in [-0.39, 0.29) is 18.3 Å². The van der Waals surface area contributed by atoms with Crippen LogP contribution in [-0.2, 0) is 6.42 Å². The van der Waals surface area contributed by atoms with Crippen LogP contribution in [0.3, 0.4) is 0 Å². The van der Waals surface area contributed by atoms with Crippen molar-refractivity contribution in [2.75, 3.05) is 33.4 Å². The van der Waals surface area contributed by atoms with Gasteiger partial charge in [-0.25, -0.2) is 0 Å². The Bertz CT molecular complexity index is 1240. The summed E-state index contributed by atoms with van der Waals surface area (Å²) in [6.45, 7) is 2.38. The number of hydrogen-bond acceptors (Lipinski definition) is 5. The Labute approximate surface area is 215 Å². The van der Waals surface area contributed by atoms with Crippen LogP contribution in [-0.4, -0.2) is 54.7 Å². The average molecular weight is 513 g/mol. The van der Waals surface area contributed by atoms with Gasteiger partial charge in [-0.2, -0.15) is 0 Å².